The van der Waals surface area contributed by atoms with E-state index in [0.717, 1.165) is 10.9 Å². The number of fused-ring (bicyclic) bond motifs is 1. The van der Waals surface area contributed by atoms with Gasteiger partial charge in [0.25, 0.3) is 0 Å². The quantitative estimate of drug-likeness (QED) is 0.442. The number of nitrogens with zero attached hydrogens (tertiary/aromatic N) is 1. The van der Waals surface area contributed by atoms with E-state index in [1.807, 2.05) is 24.3 Å². The van der Waals surface area contributed by atoms with E-state index in [9.17, 15) is 14.9 Å². The monoisotopic (exact) mass is 310 g/mol. The van der Waals surface area contributed by atoms with E-state index >= 15 is 0 Å². The molecular formula is C17H14N2O4. The third-order valence-electron chi connectivity index (χ3n) is 3.59. The third kappa shape index (κ3) is 2.78. The second-order valence-corrected chi connectivity index (χ2v) is 5.10. The zero-order valence-corrected chi connectivity index (χ0v) is 12.4. The van der Waals surface area contributed by atoms with Gasteiger partial charge >= 0.3 is 5.69 Å². The van der Waals surface area contributed by atoms with Gasteiger partial charge in [0.1, 0.15) is 0 Å². The van der Waals surface area contributed by atoms with Crippen molar-refractivity contribution in [2.24, 2.45) is 0 Å². The predicted molar refractivity (Wildman–Crippen MR) is 85.8 cm³/mol. The average molecular weight is 310 g/mol. The molecular weight excluding hydrogens is 296 g/mol. The molecule has 2 aromatic carbocycles. The van der Waals surface area contributed by atoms with Crippen LogP contribution >= 0.6 is 0 Å². The number of nitrogens with one attached hydrogen (secondary N) is 1. The molecule has 3 aromatic rings. The maximum absolute atomic E-state index is 12.6. The van der Waals surface area contributed by atoms with Crippen LogP contribution in [0.15, 0.2) is 54.7 Å². The number of Topliss-reactive ketones (excluding diaryl/α,β-unsaturated/α-hetero) is 1. The van der Waals surface area contributed by atoms with Gasteiger partial charge in [-0.05, 0) is 19.1 Å². The molecule has 0 amide bonds. The van der Waals surface area contributed by atoms with Crippen LogP contribution in [-0.4, -0.2) is 21.8 Å². The SMILES string of the molecule is C[C@@H](Oc1ccccc1[N+](=O)[O-])C(=O)c1c[nH]c2ccccc12. The summed E-state index contributed by atoms with van der Waals surface area (Å²) in [4.78, 5) is 26.1. The van der Waals surface area contributed by atoms with Crippen molar-refractivity contribution in [1.82, 2.24) is 4.98 Å². The Hall–Kier alpha value is -3.15. The number of nitro groups is 1. The van der Waals surface area contributed by atoms with Crippen molar-refractivity contribution in [2.75, 3.05) is 0 Å². The maximum Gasteiger partial charge on any atom is 0.310 e. The number of para-hydroxylation sites is 3. The van der Waals surface area contributed by atoms with Crippen LogP contribution in [0.4, 0.5) is 5.69 Å². The number of H-pyrrole nitrogens is 1. The van der Waals surface area contributed by atoms with Crippen molar-refractivity contribution >= 4 is 22.4 Å². The molecule has 0 aliphatic heterocycles. The minimum Gasteiger partial charge on any atom is -0.475 e. The average Bonchev–Trinajstić information content (AvgIpc) is 2.98. The van der Waals surface area contributed by atoms with Gasteiger partial charge in [-0.25, -0.2) is 0 Å². The van der Waals surface area contributed by atoms with Crippen molar-refractivity contribution in [1.29, 1.82) is 0 Å². The second-order valence-electron chi connectivity index (χ2n) is 5.10. The molecule has 0 spiro atoms. The van der Waals surface area contributed by atoms with Gasteiger partial charge in [-0.3, -0.25) is 14.9 Å². The number of ketones is 1. The fourth-order valence-corrected chi connectivity index (χ4v) is 2.45. The fraction of sp³-hybridized carbons (Fsp3) is 0.118. The van der Waals surface area contributed by atoms with Gasteiger partial charge in [0.2, 0.25) is 5.78 Å². The number of hydrogen-bond donors (Lipinski definition) is 1. The molecule has 23 heavy (non-hydrogen) atoms. The molecule has 3 rings (SSSR count). The predicted octanol–water partition coefficient (Wildman–Crippen LogP) is 3.73. The van der Waals surface area contributed by atoms with Crippen molar-refractivity contribution in [3.05, 3.63) is 70.4 Å². The summed E-state index contributed by atoms with van der Waals surface area (Å²) in [6, 6.07) is 13.5. The normalized spacial score (nSPS) is 12.0. The molecule has 0 saturated carbocycles. The van der Waals surface area contributed by atoms with Crippen LogP contribution in [0, 0.1) is 10.1 Å². The summed E-state index contributed by atoms with van der Waals surface area (Å²) in [5.74, 6) is -0.154. The summed E-state index contributed by atoms with van der Waals surface area (Å²) in [6.07, 6.45) is 0.794. The number of nitro benzene ring substituents is 1. The summed E-state index contributed by atoms with van der Waals surface area (Å²) in [7, 11) is 0. The van der Waals surface area contributed by atoms with Gasteiger partial charge in [0, 0.05) is 28.7 Å². The number of rotatable bonds is 5. The number of aromatic nitrogens is 1. The Bertz CT molecular complexity index is 885. The van der Waals surface area contributed by atoms with Crippen LogP contribution < -0.4 is 4.74 Å². The topological polar surface area (TPSA) is 85.2 Å². The van der Waals surface area contributed by atoms with Gasteiger partial charge in [0.15, 0.2) is 11.9 Å². The Morgan fingerprint density at radius 2 is 1.87 bits per heavy atom. The second kappa shape index (κ2) is 5.92. The van der Waals surface area contributed by atoms with E-state index < -0.39 is 11.0 Å². The first-order valence-electron chi connectivity index (χ1n) is 7.08. The zero-order chi connectivity index (χ0) is 16.4. The molecule has 1 atom stereocenters. The zero-order valence-electron chi connectivity index (χ0n) is 12.4. The van der Waals surface area contributed by atoms with Gasteiger partial charge < -0.3 is 9.72 Å². The number of ether oxygens (including phenoxy) is 1. The summed E-state index contributed by atoms with van der Waals surface area (Å²) in [6.45, 7) is 1.58. The highest BCUT2D eigenvalue weighted by atomic mass is 16.6. The first-order valence-corrected chi connectivity index (χ1v) is 7.08. The van der Waals surface area contributed by atoms with Gasteiger partial charge in [-0.15, -0.1) is 0 Å². The lowest BCUT2D eigenvalue weighted by atomic mass is 10.1. The first kappa shape index (κ1) is 14.8. The van der Waals surface area contributed by atoms with E-state index in [-0.39, 0.29) is 17.2 Å². The molecule has 1 aromatic heterocycles. The minimum atomic E-state index is -0.838. The standard InChI is InChI=1S/C17H14N2O4/c1-11(23-16-9-5-4-8-15(16)19(21)22)17(20)13-10-18-14-7-3-2-6-12(13)14/h2-11,18H,1H3/t11-/m1/s1. The Kier molecular flexibility index (Phi) is 3.80. The van der Waals surface area contributed by atoms with Crippen LogP contribution in [0.25, 0.3) is 10.9 Å². The molecule has 6 nitrogen and oxygen atoms in total. The van der Waals surface area contributed by atoms with Gasteiger partial charge in [-0.1, -0.05) is 30.3 Å². The highest BCUT2D eigenvalue weighted by molar-refractivity contribution is 6.09. The summed E-state index contributed by atoms with van der Waals surface area (Å²) in [5, 5.41) is 11.8. The van der Waals surface area contributed by atoms with Gasteiger partial charge in [0.05, 0.1) is 4.92 Å². The van der Waals surface area contributed by atoms with E-state index in [0.29, 0.717) is 5.56 Å². The minimum absolute atomic E-state index is 0.0817. The van der Waals surface area contributed by atoms with Crippen LogP contribution in [0.5, 0.6) is 5.75 Å². The van der Waals surface area contributed by atoms with Crippen LogP contribution in [-0.2, 0) is 0 Å². The van der Waals surface area contributed by atoms with Crippen molar-refractivity contribution in [3.63, 3.8) is 0 Å². The number of carbonyl (C=O) groups excluding carboxylic acids is 1. The van der Waals surface area contributed by atoms with E-state index in [4.69, 9.17) is 4.74 Å². The summed E-state index contributed by atoms with van der Waals surface area (Å²) < 4.78 is 5.54. The molecule has 0 aliphatic rings. The molecule has 0 bridgehead atoms. The van der Waals surface area contributed by atoms with E-state index in [2.05, 4.69) is 4.98 Å². The Morgan fingerprint density at radius 3 is 2.65 bits per heavy atom. The molecule has 6 heteroatoms. The van der Waals surface area contributed by atoms with Crippen molar-refractivity contribution in [2.45, 2.75) is 13.0 Å². The molecule has 116 valence electrons. The fourth-order valence-electron chi connectivity index (χ4n) is 2.45. The largest absolute Gasteiger partial charge is 0.475 e. The molecule has 0 saturated heterocycles. The number of aromatic amines is 1. The molecule has 0 fully saturated rings. The Labute approximate surface area is 131 Å². The summed E-state index contributed by atoms with van der Waals surface area (Å²) in [5.41, 5.74) is 1.20. The number of hydrogen-bond acceptors (Lipinski definition) is 4. The molecule has 1 N–H and O–H groups in total. The highest BCUT2D eigenvalue weighted by Gasteiger charge is 2.23. The highest BCUT2D eigenvalue weighted by Crippen LogP contribution is 2.28. The molecule has 0 unspecified atom stereocenters. The lowest BCUT2D eigenvalue weighted by Gasteiger charge is -2.13. The summed E-state index contributed by atoms with van der Waals surface area (Å²) >= 11 is 0. The van der Waals surface area contributed by atoms with Crippen molar-refractivity contribution in [3.8, 4) is 5.75 Å². The Balaban J connectivity index is 1.88. The molecule has 0 radical (unpaired) electrons. The smallest absolute Gasteiger partial charge is 0.310 e. The third-order valence-corrected chi connectivity index (χ3v) is 3.59. The van der Waals surface area contributed by atoms with Crippen LogP contribution in [0.2, 0.25) is 0 Å². The van der Waals surface area contributed by atoms with Gasteiger partial charge in [-0.2, -0.15) is 0 Å². The lowest BCUT2D eigenvalue weighted by molar-refractivity contribution is -0.386. The number of benzene rings is 2. The number of carbonyl (C=O) groups is 1. The lowest BCUT2D eigenvalue weighted by Crippen LogP contribution is -2.24. The Morgan fingerprint density at radius 1 is 1.17 bits per heavy atom. The maximum atomic E-state index is 12.6. The molecule has 1 heterocycles. The van der Waals surface area contributed by atoms with E-state index in [1.54, 1.807) is 25.3 Å². The van der Waals surface area contributed by atoms with Crippen LogP contribution in [0.1, 0.15) is 17.3 Å². The van der Waals surface area contributed by atoms with Crippen molar-refractivity contribution < 1.29 is 14.5 Å². The van der Waals surface area contributed by atoms with Crippen LogP contribution in [0.3, 0.4) is 0 Å². The first-order chi connectivity index (χ1) is 11.1. The molecule has 0 aliphatic carbocycles. The van der Waals surface area contributed by atoms with E-state index in [1.165, 1.54) is 12.1 Å².